The van der Waals surface area contributed by atoms with Crippen LogP contribution in [0.5, 0.6) is 17.2 Å². The van der Waals surface area contributed by atoms with Crippen LogP contribution in [-0.2, 0) is 16.1 Å². The normalized spacial score (nSPS) is 16.2. The lowest BCUT2D eigenvalue weighted by Gasteiger charge is -2.26. The summed E-state index contributed by atoms with van der Waals surface area (Å²) in [6, 6.07) is 15.0. The molecular weight excluding hydrogens is 520 g/mol. The number of ketones is 1. The van der Waals surface area contributed by atoms with Crippen molar-refractivity contribution in [1.82, 2.24) is 9.88 Å². The van der Waals surface area contributed by atoms with Crippen molar-refractivity contribution < 1.29 is 28.9 Å². The number of aliphatic hydroxyl groups is 1. The third-order valence-corrected chi connectivity index (χ3v) is 6.83. The number of rotatable bonds is 14. The molecule has 8 heteroatoms. The van der Waals surface area contributed by atoms with Gasteiger partial charge in [-0.25, -0.2) is 0 Å². The molecule has 0 aliphatic carbocycles. The summed E-state index contributed by atoms with van der Waals surface area (Å²) in [5.74, 6) is 0.105. The first-order chi connectivity index (χ1) is 20.0. The molecule has 1 atom stereocenters. The van der Waals surface area contributed by atoms with Crippen LogP contribution in [0, 0.1) is 0 Å². The van der Waals surface area contributed by atoms with Gasteiger partial charge in [0.15, 0.2) is 11.5 Å². The van der Waals surface area contributed by atoms with E-state index in [9.17, 15) is 14.7 Å². The maximum Gasteiger partial charge on any atom is 0.295 e. The maximum atomic E-state index is 13.5. The Bertz CT molecular complexity index is 1350. The summed E-state index contributed by atoms with van der Waals surface area (Å²) in [6.45, 7) is 7.76. The highest BCUT2D eigenvalue weighted by Crippen LogP contribution is 2.43. The van der Waals surface area contributed by atoms with Gasteiger partial charge < -0.3 is 24.2 Å². The van der Waals surface area contributed by atoms with E-state index in [1.165, 1.54) is 4.90 Å². The summed E-state index contributed by atoms with van der Waals surface area (Å²) >= 11 is 0. The number of Topliss-reactive ketones (excluding diaryl/α,β-unsaturated/α-hetero) is 1. The minimum Gasteiger partial charge on any atom is -0.507 e. The molecule has 0 saturated carbocycles. The van der Waals surface area contributed by atoms with E-state index in [2.05, 4.69) is 11.9 Å². The highest BCUT2D eigenvalue weighted by atomic mass is 16.5. The van der Waals surface area contributed by atoms with E-state index in [4.69, 9.17) is 14.2 Å². The quantitative estimate of drug-likeness (QED) is 0.105. The fourth-order valence-electron chi connectivity index (χ4n) is 4.78. The molecule has 1 unspecified atom stereocenters. The Morgan fingerprint density at radius 1 is 0.854 bits per heavy atom. The number of carbonyl (C=O) groups is 2. The van der Waals surface area contributed by atoms with Gasteiger partial charge >= 0.3 is 0 Å². The predicted octanol–water partition coefficient (Wildman–Crippen LogP) is 6.46. The largest absolute Gasteiger partial charge is 0.507 e. The first-order valence-corrected chi connectivity index (χ1v) is 14.3. The molecule has 1 N–H and O–H groups in total. The van der Waals surface area contributed by atoms with Gasteiger partial charge in [0.2, 0.25) is 0 Å². The van der Waals surface area contributed by atoms with Crippen LogP contribution < -0.4 is 14.2 Å². The van der Waals surface area contributed by atoms with Crippen LogP contribution in [0.2, 0.25) is 0 Å². The van der Waals surface area contributed by atoms with Crippen molar-refractivity contribution in [2.24, 2.45) is 0 Å². The fraction of sp³-hybridized carbons (Fsp3) is 0.364. The Kier molecular flexibility index (Phi) is 10.4. The zero-order chi connectivity index (χ0) is 29.2. The molecule has 2 heterocycles. The van der Waals surface area contributed by atoms with Gasteiger partial charge in [0, 0.05) is 24.5 Å². The van der Waals surface area contributed by atoms with Crippen molar-refractivity contribution in [2.75, 3.05) is 19.8 Å². The zero-order valence-electron chi connectivity index (χ0n) is 24.0. The average molecular weight is 559 g/mol. The molecule has 1 aliphatic heterocycles. The number of carbonyl (C=O) groups excluding carboxylic acids is 2. The zero-order valence-corrected chi connectivity index (χ0v) is 24.0. The second-order valence-electron chi connectivity index (χ2n) is 9.85. The molecule has 0 spiro atoms. The Hall–Kier alpha value is -4.33. The van der Waals surface area contributed by atoms with Gasteiger partial charge in [0.05, 0.1) is 31.4 Å². The third-order valence-electron chi connectivity index (χ3n) is 6.83. The number of ether oxygens (including phenoxy) is 3. The van der Waals surface area contributed by atoms with Crippen molar-refractivity contribution in [2.45, 2.75) is 59.0 Å². The van der Waals surface area contributed by atoms with Gasteiger partial charge in [-0.2, -0.15) is 0 Å². The van der Waals surface area contributed by atoms with Crippen molar-refractivity contribution >= 4 is 17.4 Å². The van der Waals surface area contributed by atoms with Crippen molar-refractivity contribution in [3.8, 4) is 17.2 Å². The van der Waals surface area contributed by atoms with E-state index >= 15 is 0 Å². The highest BCUT2D eigenvalue weighted by Gasteiger charge is 2.46. The molecule has 1 aromatic heterocycles. The number of hydrogen-bond acceptors (Lipinski definition) is 7. The molecule has 4 rings (SSSR count). The SMILES string of the molecule is CCCCCOc1ccc(C2/C(=C(\O)c3ccc(OCCC)cc3)C(=O)C(=O)N2Cc2ccncc2)cc1OCC. The smallest absolute Gasteiger partial charge is 0.295 e. The molecular formula is C33H38N2O6. The number of amides is 1. The summed E-state index contributed by atoms with van der Waals surface area (Å²) in [7, 11) is 0. The first-order valence-electron chi connectivity index (χ1n) is 14.3. The monoisotopic (exact) mass is 558 g/mol. The highest BCUT2D eigenvalue weighted by molar-refractivity contribution is 6.46. The lowest BCUT2D eigenvalue weighted by molar-refractivity contribution is -0.140. The number of pyridine rings is 1. The van der Waals surface area contributed by atoms with Gasteiger partial charge in [0.1, 0.15) is 11.5 Å². The summed E-state index contributed by atoms with van der Waals surface area (Å²) in [4.78, 5) is 32.5. The third kappa shape index (κ3) is 7.06. The number of nitrogens with zero attached hydrogens (tertiary/aromatic N) is 2. The molecule has 41 heavy (non-hydrogen) atoms. The number of aromatic nitrogens is 1. The van der Waals surface area contributed by atoms with E-state index in [0.29, 0.717) is 48.2 Å². The van der Waals surface area contributed by atoms with Crippen LogP contribution in [-0.4, -0.2) is 46.5 Å². The lowest BCUT2D eigenvalue weighted by atomic mass is 9.94. The second kappa shape index (κ2) is 14.3. The lowest BCUT2D eigenvalue weighted by Crippen LogP contribution is -2.29. The molecule has 216 valence electrons. The van der Waals surface area contributed by atoms with E-state index in [1.807, 2.05) is 19.9 Å². The van der Waals surface area contributed by atoms with Crippen LogP contribution in [0.4, 0.5) is 0 Å². The molecule has 2 aromatic carbocycles. The molecule has 0 radical (unpaired) electrons. The summed E-state index contributed by atoms with van der Waals surface area (Å²) in [6.07, 6.45) is 7.23. The fourth-order valence-corrected chi connectivity index (χ4v) is 4.78. The van der Waals surface area contributed by atoms with Crippen molar-refractivity contribution in [3.63, 3.8) is 0 Å². The number of hydrogen-bond donors (Lipinski definition) is 1. The van der Waals surface area contributed by atoms with Crippen LogP contribution in [0.3, 0.4) is 0 Å². The number of unbranched alkanes of at least 4 members (excludes halogenated alkanes) is 2. The topological polar surface area (TPSA) is 98.2 Å². The molecule has 3 aromatic rings. The summed E-state index contributed by atoms with van der Waals surface area (Å²) < 4.78 is 17.6. The van der Waals surface area contributed by atoms with E-state index in [0.717, 1.165) is 31.2 Å². The Morgan fingerprint density at radius 2 is 1.61 bits per heavy atom. The van der Waals surface area contributed by atoms with Gasteiger partial charge in [-0.1, -0.05) is 32.8 Å². The van der Waals surface area contributed by atoms with E-state index in [1.54, 1.807) is 60.9 Å². The van der Waals surface area contributed by atoms with Crippen molar-refractivity contribution in [3.05, 3.63) is 89.3 Å². The van der Waals surface area contributed by atoms with Crippen LogP contribution in [0.1, 0.15) is 69.2 Å². The van der Waals surface area contributed by atoms with Crippen LogP contribution in [0.15, 0.2) is 72.6 Å². The molecule has 0 bridgehead atoms. The molecule has 1 fully saturated rings. The molecule has 8 nitrogen and oxygen atoms in total. The maximum absolute atomic E-state index is 13.5. The minimum atomic E-state index is -0.840. The van der Waals surface area contributed by atoms with Gasteiger partial charge in [-0.15, -0.1) is 0 Å². The second-order valence-corrected chi connectivity index (χ2v) is 9.85. The van der Waals surface area contributed by atoms with Gasteiger partial charge in [-0.3, -0.25) is 14.6 Å². The summed E-state index contributed by atoms with van der Waals surface area (Å²) in [5, 5.41) is 11.5. The Balaban J connectivity index is 1.77. The van der Waals surface area contributed by atoms with Crippen molar-refractivity contribution in [1.29, 1.82) is 0 Å². The minimum absolute atomic E-state index is 0.0188. The molecule has 1 aliphatic rings. The van der Waals surface area contributed by atoms with Gasteiger partial charge in [0.25, 0.3) is 11.7 Å². The van der Waals surface area contributed by atoms with Crippen LogP contribution >= 0.6 is 0 Å². The standard InChI is InChI=1S/C33H38N2O6/c1-4-7-8-20-41-27-14-11-25(21-28(27)39-6-3)30-29(31(36)24-9-12-26(13-10-24)40-19-5-2)32(37)33(38)35(30)22-23-15-17-34-18-16-23/h9-18,21,30,36H,4-8,19-20,22H2,1-3H3/b31-29+. The number of benzene rings is 2. The van der Waals surface area contributed by atoms with E-state index in [-0.39, 0.29) is 17.9 Å². The molecule has 1 amide bonds. The predicted molar refractivity (Wildman–Crippen MR) is 157 cm³/mol. The first kappa shape index (κ1) is 29.6. The number of likely N-dealkylation sites (tertiary alicyclic amines) is 1. The number of aliphatic hydroxyl groups excluding tert-OH is 1. The Morgan fingerprint density at radius 3 is 2.29 bits per heavy atom. The Labute approximate surface area is 241 Å². The molecule has 1 saturated heterocycles. The van der Waals surface area contributed by atoms with E-state index < -0.39 is 17.7 Å². The van der Waals surface area contributed by atoms with Gasteiger partial charge in [-0.05, 0) is 79.4 Å². The average Bonchev–Trinajstić information content (AvgIpc) is 3.24. The van der Waals surface area contributed by atoms with Crippen LogP contribution in [0.25, 0.3) is 5.76 Å². The summed E-state index contributed by atoms with van der Waals surface area (Å²) in [5.41, 5.74) is 1.88.